The summed E-state index contributed by atoms with van der Waals surface area (Å²) in [5.41, 5.74) is 0.571. The van der Waals surface area contributed by atoms with Gasteiger partial charge in [-0.05, 0) is 39.2 Å². The van der Waals surface area contributed by atoms with E-state index in [1.54, 1.807) is 0 Å². The Hall–Kier alpha value is -1.36. The van der Waals surface area contributed by atoms with E-state index in [-0.39, 0.29) is 11.8 Å². The average molecular weight is 319 g/mol. The van der Waals surface area contributed by atoms with Gasteiger partial charge in [-0.15, -0.1) is 0 Å². The maximum atomic E-state index is 13.4. The van der Waals surface area contributed by atoms with Crippen LogP contribution in [-0.2, 0) is 9.59 Å². The van der Waals surface area contributed by atoms with Crippen molar-refractivity contribution >= 4 is 11.8 Å². The van der Waals surface area contributed by atoms with Crippen LogP contribution in [0.2, 0.25) is 0 Å². The van der Waals surface area contributed by atoms with Crippen molar-refractivity contribution in [3.63, 3.8) is 0 Å². The number of hydrogen-bond donors (Lipinski definition) is 0. The number of carbonyl (C=O) groups is 2. The maximum absolute atomic E-state index is 13.4. The van der Waals surface area contributed by atoms with Crippen molar-refractivity contribution in [3.05, 3.63) is 11.8 Å². The molecule has 1 unspecified atom stereocenters. The van der Waals surface area contributed by atoms with Crippen LogP contribution in [-0.4, -0.2) is 65.8 Å². The molecule has 1 atom stereocenters. The standard InChI is InChI=1S/C18H29N3O2/c1-3-19-11-13-20(14-12-19)17(23)18-9-6-5-7-15(18)21(4-2)16(22)8-10-18/h7H,3-6,8-14H2,1-2H3. The fraction of sp³-hybridized carbons (Fsp3) is 0.778. The molecule has 2 heterocycles. The molecule has 0 spiro atoms. The molecule has 0 bridgehead atoms. The summed E-state index contributed by atoms with van der Waals surface area (Å²) >= 11 is 0. The second-order valence-corrected chi connectivity index (χ2v) is 6.93. The van der Waals surface area contributed by atoms with Gasteiger partial charge in [0.25, 0.3) is 0 Å². The zero-order chi connectivity index (χ0) is 16.4. The fourth-order valence-electron chi connectivity index (χ4n) is 4.42. The number of amides is 2. The average Bonchev–Trinajstić information content (AvgIpc) is 2.61. The van der Waals surface area contributed by atoms with Crippen LogP contribution in [0, 0.1) is 5.41 Å². The lowest BCUT2D eigenvalue weighted by Gasteiger charge is -2.48. The number of fused-ring (bicyclic) bond motifs is 1. The van der Waals surface area contributed by atoms with E-state index < -0.39 is 5.41 Å². The lowest BCUT2D eigenvalue weighted by molar-refractivity contribution is -0.149. The first-order chi connectivity index (χ1) is 11.1. The van der Waals surface area contributed by atoms with E-state index in [1.807, 2.05) is 11.8 Å². The third-order valence-corrected chi connectivity index (χ3v) is 5.83. The van der Waals surface area contributed by atoms with Crippen LogP contribution in [0.3, 0.4) is 0 Å². The van der Waals surface area contributed by atoms with Crippen molar-refractivity contribution in [2.75, 3.05) is 39.3 Å². The van der Waals surface area contributed by atoms with Crippen molar-refractivity contribution in [1.29, 1.82) is 0 Å². The summed E-state index contributed by atoms with van der Waals surface area (Å²) in [5.74, 6) is 0.449. The fourth-order valence-corrected chi connectivity index (χ4v) is 4.42. The molecule has 128 valence electrons. The maximum Gasteiger partial charge on any atom is 0.234 e. The van der Waals surface area contributed by atoms with Gasteiger partial charge in [0.15, 0.2) is 0 Å². The highest BCUT2D eigenvalue weighted by atomic mass is 16.2. The summed E-state index contributed by atoms with van der Waals surface area (Å²) in [4.78, 5) is 32.0. The predicted octanol–water partition coefficient (Wildman–Crippen LogP) is 1.85. The Morgan fingerprint density at radius 2 is 1.87 bits per heavy atom. The van der Waals surface area contributed by atoms with Crippen molar-refractivity contribution in [3.8, 4) is 0 Å². The quantitative estimate of drug-likeness (QED) is 0.797. The Labute approximate surface area is 139 Å². The molecule has 1 aliphatic carbocycles. The minimum absolute atomic E-state index is 0.180. The predicted molar refractivity (Wildman–Crippen MR) is 89.7 cm³/mol. The highest BCUT2D eigenvalue weighted by Crippen LogP contribution is 2.47. The molecule has 5 heteroatoms. The molecule has 0 saturated carbocycles. The van der Waals surface area contributed by atoms with Gasteiger partial charge in [0, 0.05) is 44.8 Å². The number of piperidine rings is 1. The van der Waals surface area contributed by atoms with Gasteiger partial charge in [0.2, 0.25) is 11.8 Å². The first kappa shape index (κ1) is 16.5. The molecule has 2 aliphatic heterocycles. The Morgan fingerprint density at radius 1 is 1.13 bits per heavy atom. The summed E-state index contributed by atoms with van der Waals surface area (Å²) in [6, 6.07) is 0. The first-order valence-corrected chi connectivity index (χ1v) is 9.15. The lowest BCUT2D eigenvalue weighted by Crippen LogP contribution is -2.57. The Bertz CT molecular complexity index is 508. The smallest absolute Gasteiger partial charge is 0.234 e. The zero-order valence-electron chi connectivity index (χ0n) is 14.5. The van der Waals surface area contributed by atoms with Crippen molar-refractivity contribution < 1.29 is 9.59 Å². The van der Waals surface area contributed by atoms with Gasteiger partial charge < -0.3 is 14.7 Å². The molecule has 3 rings (SSSR count). The molecule has 2 saturated heterocycles. The van der Waals surface area contributed by atoms with Crippen molar-refractivity contribution in [1.82, 2.24) is 14.7 Å². The molecular formula is C18H29N3O2. The number of rotatable bonds is 3. The number of piperazine rings is 1. The van der Waals surface area contributed by atoms with E-state index in [2.05, 4.69) is 22.8 Å². The molecule has 23 heavy (non-hydrogen) atoms. The van der Waals surface area contributed by atoms with Crippen LogP contribution in [0.15, 0.2) is 11.8 Å². The Morgan fingerprint density at radius 3 is 2.52 bits per heavy atom. The van der Waals surface area contributed by atoms with Gasteiger partial charge in [-0.3, -0.25) is 9.59 Å². The van der Waals surface area contributed by atoms with Crippen LogP contribution in [0.5, 0.6) is 0 Å². The molecule has 2 fully saturated rings. The number of likely N-dealkylation sites (N-methyl/N-ethyl adjacent to an activating group) is 1. The largest absolute Gasteiger partial charge is 0.339 e. The number of nitrogens with zero attached hydrogens (tertiary/aromatic N) is 3. The van der Waals surface area contributed by atoms with Crippen LogP contribution in [0.25, 0.3) is 0 Å². The van der Waals surface area contributed by atoms with E-state index in [0.29, 0.717) is 19.4 Å². The van der Waals surface area contributed by atoms with Crippen LogP contribution < -0.4 is 0 Å². The normalized spacial score (nSPS) is 29.3. The Balaban J connectivity index is 1.84. The van der Waals surface area contributed by atoms with Crippen molar-refractivity contribution in [2.45, 2.75) is 46.0 Å². The molecular weight excluding hydrogens is 290 g/mol. The third-order valence-electron chi connectivity index (χ3n) is 5.83. The monoisotopic (exact) mass is 319 g/mol. The summed E-state index contributed by atoms with van der Waals surface area (Å²) in [7, 11) is 0. The first-order valence-electron chi connectivity index (χ1n) is 9.15. The van der Waals surface area contributed by atoms with Gasteiger partial charge in [0.05, 0.1) is 5.41 Å². The van der Waals surface area contributed by atoms with E-state index in [9.17, 15) is 9.59 Å². The van der Waals surface area contributed by atoms with Gasteiger partial charge in [0.1, 0.15) is 0 Å². The van der Waals surface area contributed by atoms with Gasteiger partial charge in [-0.1, -0.05) is 13.0 Å². The van der Waals surface area contributed by atoms with Crippen LogP contribution in [0.4, 0.5) is 0 Å². The second kappa shape index (κ2) is 6.63. The number of allylic oxidation sites excluding steroid dienone is 1. The molecule has 0 aromatic rings. The molecule has 5 nitrogen and oxygen atoms in total. The minimum atomic E-state index is -0.434. The molecule has 0 aromatic heterocycles. The summed E-state index contributed by atoms with van der Waals surface area (Å²) in [5, 5.41) is 0. The zero-order valence-corrected chi connectivity index (χ0v) is 14.5. The summed E-state index contributed by atoms with van der Waals surface area (Å²) < 4.78 is 0. The summed E-state index contributed by atoms with van der Waals surface area (Å²) in [6.45, 7) is 9.48. The van der Waals surface area contributed by atoms with E-state index >= 15 is 0 Å². The number of carbonyl (C=O) groups excluding carboxylic acids is 2. The molecule has 3 aliphatic rings. The third kappa shape index (κ3) is 2.80. The molecule has 0 radical (unpaired) electrons. The Kier molecular flexibility index (Phi) is 4.76. The van der Waals surface area contributed by atoms with Gasteiger partial charge in [-0.25, -0.2) is 0 Å². The van der Waals surface area contributed by atoms with Crippen molar-refractivity contribution in [2.24, 2.45) is 5.41 Å². The van der Waals surface area contributed by atoms with E-state index in [4.69, 9.17) is 0 Å². The SMILES string of the molecule is CCN1CCN(C(=O)C23CCCC=C2N(CC)C(=O)CC3)CC1. The molecule has 0 aromatic carbocycles. The van der Waals surface area contributed by atoms with E-state index in [0.717, 1.165) is 57.7 Å². The van der Waals surface area contributed by atoms with Crippen LogP contribution in [0.1, 0.15) is 46.0 Å². The number of hydrogen-bond acceptors (Lipinski definition) is 3. The highest BCUT2D eigenvalue weighted by molar-refractivity contribution is 5.91. The molecule has 0 N–H and O–H groups in total. The minimum Gasteiger partial charge on any atom is -0.339 e. The number of likely N-dealkylation sites (tertiary alicyclic amines) is 1. The van der Waals surface area contributed by atoms with E-state index in [1.165, 1.54) is 0 Å². The van der Waals surface area contributed by atoms with Gasteiger partial charge >= 0.3 is 0 Å². The van der Waals surface area contributed by atoms with Crippen LogP contribution >= 0.6 is 0 Å². The molecule has 2 amide bonds. The highest BCUT2D eigenvalue weighted by Gasteiger charge is 2.50. The summed E-state index contributed by atoms with van der Waals surface area (Å²) in [6.07, 6.45) is 6.29. The topological polar surface area (TPSA) is 43.9 Å². The van der Waals surface area contributed by atoms with Gasteiger partial charge in [-0.2, -0.15) is 0 Å². The second-order valence-electron chi connectivity index (χ2n) is 6.93. The lowest BCUT2D eigenvalue weighted by atomic mass is 9.68.